The van der Waals surface area contributed by atoms with E-state index < -0.39 is 20.0 Å². The summed E-state index contributed by atoms with van der Waals surface area (Å²) in [6.45, 7) is 0.220. The van der Waals surface area contributed by atoms with Crippen LogP contribution < -0.4 is 0 Å². The zero-order valence-electron chi connectivity index (χ0n) is 7.00. The number of hydrogen-bond acceptors (Lipinski definition) is 4. The summed E-state index contributed by atoms with van der Waals surface area (Å²) in [5.41, 5.74) is 0. The lowest BCUT2D eigenvalue weighted by molar-refractivity contribution is -0.0633. The van der Waals surface area contributed by atoms with Gasteiger partial charge in [0.15, 0.2) is 0 Å². The molecule has 0 radical (unpaired) electrons. The third kappa shape index (κ3) is 4.71. The maximum atomic E-state index is 10.3. The van der Waals surface area contributed by atoms with Crippen LogP contribution in [0.15, 0.2) is 0 Å². The molecule has 1 saturated heterocycles. The molecule has 2 atom stereocenters. The Morgan fingerprint density at radius 1 is 1.54 bits per heavy atom. The summed E-state index contributed by atoms with van der Waals surface area (Å²) < 4.78 is 19.7. The van der Waals surface area contributed by atoms with E-state index in [1.165, 1.54) is 0 Å². The predicted molar refractivity (Wildman–Crippen MR) is 43.0 cm³/mol. The van der Waals surface area contributed by atoms with E-state index in [4.69, 9.17) is 14.5 Å². The number of ether oxygens (including phenoxy) is 1. The summed E-state index contributed by atoms with van der Waals surface area (Å²) in [5, 5.41) is 9.18. The summed E-state index contributed by atoms with van der Waals surface area (Å²) in [6, 6.07) is 0. The minimum Gasteiger partial charge on any atom is -0.393 e. The fourth-order valence-corrected chi connectivity index (χ4v) is 1.52. The Bertz CT molecular complexity index is 201. The first kappa shape index (κ1) is 11.1. The van der Waals surface area contributed by atoms with Crippen molar-refractivity contribution in [3.63, 3.8) is 0 Å². The van der Waals surface area contributed by atoms with E-state index in [2.05, 4.69) is 4.52 Å². The summed E-state index contributed by atoms with van der Waals surface area (Å²) in [5.74, 6) is 0. The molecule has 0 saturated carbocycles. The van der Waals surface area contributed by atoms with Crippen molar-refractivity contribution >= 4 is 7.82 Å². The second kappa shape index (κ2) is 4.50. The Hall–Kier alpha value is 0.0300. The highest BCUT2D eigenvalue weighted by Crippen LogP contribution is 2.36. The van der Waals surface area contributed by atoms with Crippen LogP contribution in [0.25, 0.3) is 0 Å². The van der Waals surface area contributed by atoms with E-state index in [0.717, 1.165) is 0 Å². The van der Waals surface area contributed by atoms with Gasteiger partial charge in [0.1, 0.15) is 0 Å². The van der Waals surface area contributed by atoms with Crippen LogP contribution in [0.4, 0.5) is 0 Å². The lowest BCUT2D eigenvalue weighted by Gasteiger charge is -2.26. The Labute approximate surface area is 75.7 Å². The summed E-state index contributed by atoms with van der Waals surface area (Å²) in [4.78, 5) is 16.8. The quantitative estimate of drug-likeness (QED) is 0.552. The molecule has 78 valence electrons. The molecule has 1 aliphatic rings. The van der Waals surface area contributed by atoms with Gasteiger partial charge in [-0.3, -0.25) is 4.52 Å². The van der Waals surface area contributed by atoms with Crippen LogP contribution in [0.2, 0.25) is 0 Å². The molecule has 6 nitrogen and oxygen atoms in total. The molecule has 13 heavy (non-hydrogen) atoms. The molecule has 0 unspecified atom stereocenters. The smallest absolute Gasteiger partial charge is 0.393 e. The maximum absolute atomic E-state index is 10.3. The highest BCUT2D eigenvalue weighted by atomic mass is 31.2. The van der Waals surface area contributed by atoms with Crippen molar-refractivity contribution in [2.24, 2.45) is 0 Å². The van der Waals surface area contributed by atoms with Crippen molar-refractivity contribution in [3.8, 4) is 0 Å². The first-order valence-corrected chi connectivity index (χ1v) is 5.50. The average Bonchev–Trinajstić information content (AvgIpc) is 2.00. The molecule has 0 aliphatic carbocycles. The van der Waals surface area contributed by atoms with E-state index in [0.29, 0.717) is 19.4 Å². The third-order valence-electron chi connectivity index (χ3n) is 1.77. The summed E-state index contributed by atoms with van der Waals surface area (Å²) in [7, 11) is -4.41. The lowest BCUT2D eigenvalue weighted by atomic mass is 10.1. The molecule has 0 amide bonds. The SMILES string of the molecule is O=P(O)(O)OC[C@@H]1C[C@H](O)CCO1. The van der Waals surface area contributed by atoms with Crippen molar-refractivity contribution in [1.82, 2.24) is 0 Å². The van der Waals surface area contributed by atoms with Crippen LogP contribution in [0.5, 0.6) is 0 Å². The van der Waals surface area contributed by atoms with Gasteiger partial charge < -0.3 is 19.6 Å². The van der Waals surface area contributed by atoms with Gasteiger partial charge in [-0.15, -0.1) is 0 Å². The van der Waals surface area contributed by atoms with E-state index in [1.807, 2.05) is 0 Å². The number of aliphatic hydroxyl groups is 1. The predicted octanol–water partition coefficient (Wildman–Crippen LogP) is -0.364. The van der Waals surface area contributed by atoms with Crippen LogP contribution in [0.3, 0.4) is 0 Å². The highest BCUT2D eigenvalue weighted by Gasteiger charge is 2.24. The van der Waals surface area contributed by atoms with Gasteiger partial charge in [0.2, 0.25) is 0 Å². The second-order valence-corrected chi connectivity index (χ2v) is 4.20. The van der Waals surface area contributed by atoms with Crippen LogP contribution in [-0.2, 0) is 13.8 Å². The molecule has 1 heterocycles. The third-order valence-corrected chi connectivity index (χ3v) is 2.25. The van der Waals surface area contributed by atoms with Gasteiger partial charge in [0.25, 0.3) is 0 Å². The number of rotatable bonds is 3. The van der Waals surface area contributed by atoms with Gasteiger partial charge in [0, 0.05) is 13.0 Å². The standard InChI is InChI=1S/C6H13O6P/c7-5-1-2-11-6(3-5)4-12-13(8,9)10/h5-7H,1-4H2,(H2,8,9,10)/t5-,6+/m1/s1. The Balaban J connectivity index is 2.25. The summed E-state index contributed by atoms with van der Waals surface area (Å²) in [6.07, 6.45) is 0.0439. The first-order valence-electron chi connectivity index (χ1n) is 3.97. The van der Waals surface area contributed by atoms with Crippen LogP contribution >= 0.6 is 7.82 Å². The molecular formula is C6H13O6P. The maximum Gasteiger partial charge on any atom is 0.469 e. The van der Waals surface area contributed by atoms with Crippen LogP contribution in [0.1, 0.15) is 12.8 Å². The van der Waals surface area contributed by atoms with Gasteiger partial charge >= 0.3 is 7.82 Å². The molecule has 0 aromatic rings. The van der Waals surface area contributed by atoms with E-state index in [-0.39, 0.29) is 6.61 Å². The largest absolute Gasteiger partial charge is 0.469 e. The molecule has 0 aromatic carbocycles. The van der Waals surface area contributed by atoms with Gasteiger partial charge in [-0.1, -0.05) is 0 Å². The zero-order chi connectivity index (χ0) is 9.90. The van der Waals surface area contributed by atoms with Gasteiger partial charge in [-0.25, -0.2) is 4.57 Å². The minimum absolute atomic E-state index is 0.179. The fourth-order valence-electron chi connectivity index (χ4n) is 1.16. The Morgan fingerprint density at radius 2 is 2.23 bits per heavy atom. The lowest BCUT2D eigenvalue weighted by Crippen LogP contribution is -2.31. The number of phosphoric ester groups is 1. The molecule has 1 rings (SSSR count). The van der Waals surface area contributed by atoms with Crippen molar-refractivity contribution in [1.29, 1.82) is 0 Å². The number of hydrogen-bond donors (Lipinski definition) is 3. The molecule has 0 bridgehead atoms. The van der Waals surface area contributed by atoms with Crippen molar-refractivity contribution in [2.45, 2.75) is 25.0 Å². The van der Waals surface area contributed by atoms with E-state index in [1.54, 1.807) is 0 Å². The number of aliphatic hydroxyl groups excluding tert-OH is 1. The molecular weight excluding hydrogens is 199 g/mol. The molecule has 3 N–H and O–H groups in total. The zero-order valence-corrected chi connectivity index (χ0v) is 7.89. The molecule has 0 spiro atoms. The number of phosphoric acid groups is 1. The fraction of sp³-hybridized carbons (Fsp3) is 1.00. The van der Waals surface area contributed by atoms with Gasteiger partial charge in [-0.05, 0) is 6.42 Å². The van der Waals surface area contributed by atoms with Crippen molar-refractivity contribution in [2.75, 3.05) is 13.2 Å². The first-order chi connectivity index (χ1) is 5.97. The van der Waals surface area contributed by atoms with Crippen molar-refractivity contribution in [3.05, 3.63) is 0 Å². The van der Waals surface area contributed by atoms with E-state index in [9.17, 15) is 9.67 Å². The summed E-state index contributed by atoms with van der Waals surface area (Å²) >= 11 is 0. The topological polar surface area (TPSA) is 96.2 Å². The highest BCUT2D eigenvalue weighted by molar-refractivity contribution is 7.46. The van der Waals surface area contributed by atoms with Crippen LogP contribution in [0, 0.1) is 0 Å². The van der Waals surface area contributed by atoms with Crippen LogP contribution in [-0.4, -0.2) is 40.3 Å². The normalized spacial score (nSPS) is 30.4. The van der Waals surface area contributed by atoms with Gasteiger partial charge in [-0.2, -0.15) is 0 Å². The second-order valence-electron chi connectivity index (χ2n) is 2.96. The van der Waals surface area contributed by atoms with Gasteiger partial charge in [0.05, 0.1) is 18.8 Å². The average molecular weight is 212 g/mol. The van der Waals surface area contributed by atoms with Crippen molar-refractivity contribution < 1.29 is 28.7 Å². The Kier molecular flexibility index (Phi) is 3.85. The monoisotopic (exact) mass is 212 g/mol. The Morgan fingerprint density at radius 3 is 2.77 bits per heavy atom. The molecule has 7 heteroatoms. The van der Waals surface area contributed by atoms with E-state index >= 15 is 0 Å². The molecule has 1 fully saturated rings. The molecule has 0 aromatic heterocycles. The molecule has 1 aliphatic heterocycles. The minimum atomic E-state index is -4.41.